The number of allylic oxidation sites excluding steroid dienone is 3. The lowest BCUT2D eigenvalue weighted by molar-refractivity contribution is -0.226. The molecule has 0 bridgehead atoms. The minimum Gasteiger partial charge on any atom is -0.458 e. The van der Waals surface area contributed by atoms with E-state index in [2.05, 4.69) is 0 Å². The number of rotatable bonds is 3. The minimum atomic E-state index is -2.19. The molecule has 9 atom stereocenters. The van der Waals surface area contributed by atoms with E-state index in [0.29, 0.717) is 6.42 Å². The van der Waals surface area contributed by atoms with Crippen molar-refractivity contribution < 1.29 is 38.8 Å². The molecular weight excluding hydrogens is 419 g/mol. The van der Waals surface area contributed by atoms with Crippen LogP contribution in [0.15, 0.2) is 23.8 Å². The molecule has 0 aromatic carbocycles. The predicted molar refractivity (Wildman–Crippen MR) is 111 cm³/mol. The summed E-state index contributed by atoms with van der Waals surface area (Å²) in [5, 5.41) is 33.8. The second-order valence-corrected chi connectivity index (χ2v) is 10.5. The van der Waals surface area contributed by atoms with Crippen LogP contribution in [0, 0.1) is 28.6 Å². The first-order valence-corrected chi connectivity index (χ1v) is 11.1. The molecule has 0 heterocycles. The lowest BCUT2D eigenvalue weighted by atomic mass is 9.44. The average molecular weight is 451 g/mol. The third-order valence-electron chi connectivity index (χ3n) is 9.08. The fraction of sp³-hybridized carbons (Fsp3) is 0.708. The number of carbonyl (C=O) groups is 3. The number of ketones is 2. The topological polar surface area (TPSA) is 121 Å². The second-order valence-electron chi connectivity index (χ2n) is 10.5. The van der Waals surface area contributed by atoms with Crippen molar-refractivity contribution in [2.45, 2.75) is 70.4 Å². The normalized spacial score (nSPS) is 49.6. The van der Waals surface area contributed by atoms with Gasteiger partial charge in [0.1, 0.15) is 5.60 Å². The summed E-state index contributed by atoms with van der Waals surface area (Å²) in [5.74, 6) is -3.60. The highest BCUT2D eigenvalue weighted by atomic mass is 19.1. The van der Waals surface area contributed by atoms with Crippen LogP contribution in [0.1, 0.15) is 47.0 Å². The number of esters is 1. The smallest absolute Gasteiger partial charge is 0.303 e. The SMILES string of the molecule is CC(=O)OCC(=O)[C@@]1(O)[C@@H](C)C[C@H]2[C@@H]3C[C@@H](O)C4=CC(=O)C=C[C@]4(C)[C@@]3(F)[C@H](O)C[C@@]21C. The largest absolute Gasteiger partial charge is 0.458 e. The van der Waals surface area contributed by atoms with Crippen LogP contribution in [-0.4, -0.2) is 62.9 Å². The van der Waals surface area contributed by atoms with Gasteiger partial charge in [0, 0.05) is 23.7 Å². The van der Waals surface area contributed by atoms with Gasteiger partial charge in [0.05, 0.1) is 12.2 Å². The fourth-order valence-corrected chi connectivity index (χ4v) is 7.46. The van der Waals surface area contributed by atoms with Gasteiger partial charge in [-0.15, -0.1) is 0 Å². The van der Waals surface area contributed by atoms with E-state index in [-0.39, 0.29) is 24.2 Å². The first-order valence-electron chi connectivity index (χ1n) is 11.1. The van der Waals surface area contributed by atoms with Gasteiger partial charge in [0.25, 0.3) is 0 Å². The molecular formula is C24H31FO7. The highest BCUT2D eigenvalue weighted by Crippen LogP contribution is 2.70. The monoisotopic (exact) mass is 450 g/mol. The van der Waals surface area contributed by atoms with Gasteiger partial charge in [-0.1, -0.05) is 19.9 Å². The first-order chi connectivity index (χ1) is 14.7. The number of fused-ring (bicyclic) bond motifs is 5. The van der Waals surface area contributed by atoms with E-state index < -0.39 is 70.4 Å². The van der Waals surface area contributed by atoms with E-state index in [1.54, 1.807) is 20.8 Å². The number of alkyl halides is 1. The van der Waals surface area contributed by atoms with E-state index in [4.69, 9.17) is 4.74 Å². The summed E-state index contributed by atoms with van der Waals surface area (Å²) >= 11 is 0. The van der Waals surface area contributed by atoms with E-state index in [1.165, 1.54) is 25.2 Å². The quantitative estimate of drug-likeness (QED) is 0.556. The number of hydrogen-bond acceptors (Lipinski definition) is 7. The molecule has 176 valence electrons. The molecule has 0 spiro atoms. The summed E-state index contributed by atoms with van der Waals surface area (Å²) in [6.07, 6.45) is 1.41. The van der Waals surface area contributed by atoms with Gasteiger partial charge >= 0.3 is 5.97 Å². The lowest BCUT2D eigenvalue weighted by Gasteiger charge is -2.63. The lowest BCUT2D eigenvalue weighted by Crippen LogP contribution is -2.70. The van der Waals surface area contributed by atoms with Crippen LogP contribution in [0.5, 0.6) is 0 Å². The molecule has 0 amide bonds. The second kappa shape index (κ2) is 7.05. The zero-order valence-electron chi connectivity index (χ0n) is 18.8. The number of Topliss-reactive ketones (excluding diaryl/α,β-unsaturated/α-hetero) is 1. The molecule has 4 aliphatic rings. The Bertz CT molecular complexity index is 943. The molecule has 3 N–H and O–H groups in total. The Balaban J connectivity index is 1.79. The summed E-state index contributed by atoms with van der Waals surface area (Å²) in [4.78, 5) is 36.2. The number of aliphatic hydroxyl groups is 3. The number of halogens is 1. The van der Waals surface area contributed by atoms with Crippen molar-refractivity contribution in [3.8, 4) is 0 Å². The molecule has 7 nitrogen and oxygen atoms in total. The van der Waals surface area contributed by atoms with E-state index in [1.807, 2.05) is 0 Å². The highest BCUT2D eigenvalue weighted by molar-refractivity contribution is 6.01. The van der Waals surface area contributed by atoms with Crippen LogP contribution in [-0.2, 0) is 19.1 Å². The van der Waals surface area contributed by atoms with Gasteiger partial charge in [0.2, 0.25) is 5.78 Å². The van der Waals surface area contributed by atoms with Crippen molar-refractivity contribution in [1.82, 2.24) is 0 Å². The van der Waals surface area contributed by atoms with Crippen LogP contribution in [0.2, 0.25) is 0 Å². The summed E-state index contributed by atoms with van der Waals surface area (Å²) in [6, 6.07) is 0. The Kier molecular flexibility index (Phi) is 5.12. The first kappa shape index (κ1) is 23.3. The third kappa shape index (κ3) is 2.66. The summed E-state index contributed by atoms with van der Waals surface area (Å²) < 4.78 is 21.9. The van der Waals surface area contributed by atoms with Gasteiger partial charge in [-0.05, 0) is 55.7 Å². The van der Waals surface area contributed by atoms with Crippen molar-refractivity contribution in [2.75, 3.05) is 6.61 Å². The molecule has 4 rings (SSSR count). The maximum Gasteiger partial charge on any atom is 0.303 e. The predicted octanol–water partition coefficient (Wildman–Crippen LogP) is 1.44. The molecule has 0 aliphatic heterocycles. The average Bonchev–Trinajstić information content (AvgIpc) is 2.91. The number of hydrogen-bond donors (Lipinski definition) is 3. The zero-order chi connectivity index (χ0) is 23.9. The Labute approximate surface area is 186 Å². The van der Waals surface area contributed by atoms with Crippen LogP contribution in [0.25, 0.3) is 0 Å². The van der Waals surface area contributed by atoms with Crippen molar-refractivity contribution in [3.63, 3.8) is 0 Å². The third-order valence-corrected chi connectivity index (χ3v) is 9.08. The maximum absolute atomic E-state index is 17.1. The van der Waals surface area contributed by atoms with Crippen LogP contribution < -0.4 is 0 Å². The minimum absolute atomic E-state index is 0.0305. The standard InChI is InChI=1S/C24H31FO7/c1-12-7-15-16-9-18(28)17-8-14(27)5-6-21(17,3)23(16,25)19(29)10-22(15,4)24(12,31)20(30)11-32-13(2)26/h5-6,8,12,15-16,18-19,28-29,31H,7,9-11H2,1-4H3/t12-,15-,16-,18+,19+,21-,22-,23-,24-/m0/s1. The summed E-state index contributed by atoms with van der Waals surface area (Å²) in [5.41, 5.74) is -6.44. The number of aliphatic hydroxyl groups excluding tert-OH is 2. The molecule has 4 aliphatic carbocycles. The van der Waals surface area contributed by atoms with Gasteiger partial charge in [-0.2, -0.15) is 0 Å². The zero-order valence-corrected chi connectivity index (χ0v) is 18.8. The molecule has 0 aromatic rings. The molecule has 3 saturated carbocycles. The molecule has 32 heavy (non-hydrogen) atoms. The Morgan fingerprint density at radius 1 is 1.22 bits per heavy atom. The number of carbonyl (C=O) groups excluding carboxylic acids is 3. The van der Waals surface area contributed by atoms with Crippen LogP contribution in [0.3, 0.4) is 0 Å². The summed E-state index contributed by atoms with van der Waals surface area (Å²) in [7, 11) is 0. The van der Waals surface area contributed by atoms with Gasteiger partial charge in [0.15, 0.2) is 18.1 Å². The van der Waals surface area contributed by atoms with Crippen molar-refractivity contribution in [2.24, 2.45) is 28.6 Å². The van der Waals surface area contributed by atoms with E-state index in [0.717, 1.165) is 0 Å². The molecule has 0 radical (unpaired) electrons. The van der Waals surface area contributed by atoms with E-state index in [9.17, 15) is 29.7 Å². The molecule has 0 aromatic heterocycles. The van der Waals surface area contributed by atoms with Crippen molar-refractivity contribution >= 4 is 17.5 Å². The Hall–Kier alpha value is -1.90. The highest BCUT2D eigenvalue weighted by Gasteiger charge is 2.76. The van der Waals surface area contributed by atoms with Crippen LogP contribution in [0.4, 0.5) is 4.39 Å². The summed E-state index contributed by atoms with van der Waals surface area (Å²) in [6.45, 7) is 5.53. The van der Waals surface area contributed by atoms with Gasteiger partial charge in [-0.25, -0.2) is 4.39 Å². The molecule has 3 fully saturated rings. The molecule has 0 saturated heterocycles. The van der Waals surface area contributed by atoms with Gasteiger partial charge in [-0.3, -0.25) is 14.4 Å². The van der Waals surface area contributed by atoms with Crippen LogP contribution >= 0.6 is 0 Å². The number of ether oxygens (including phenoxy) is 1. The Morgan fingerprint density at radius 2 is 1.88 bits per heavy atom. The Morgan fingerprint density at radius 3 is 2.50 bits per heavy atom. The maximum atomic E-state index is 17.1. The van der Waals surface area contributed by atoms with E-state index >= 15 is 4.39 Å². The van der Waals surface area contributed by atoms with Crippen molar-refractivity contribution in [1.29, 1.82) is 0 Å². The molecule has 0 unspecified atom stereocenters. The molecule has 8 heteroatoms. The van der Waals surface area contributed by atoms with Gasteiger partial charge < -0.3 is 20.1 Å². The fourth-order valence-electron chi connectivity index (χ4n) is 7.46. The van der Waals surface area contributed by atoms with Crippen molar-refractivity contribution in [3.05, 3.63) is 23.8 Å².